The van der Waals surface area contributed by atoms with E-state index in [1.807, 2.05) is 60.0 Å². The maximum atomic E-state index is 12.0. The van der Waals surface area contributed by atoms with Gasteiger partial charge in [-0.1, -0.05) is 30.3 Å². The zero-order valence-corrected chi connectivity index (χ0v) is 12.7. The molecule has 0 aliphatic rings. The Kier molecular flexibility index (Phi) is 4.25. The molecule has 0 fully saturated rings. The number of hydroxylamine groups is 1. The Hall–Kier alpha value is -2.86. The number of imidazole rings is 1. The summed E-state index contributed by atoms with van der Waals surface area (Å²) in [6.45, 7) is 2.00. The molecule has 1 aromatic carbocycles. The monoisotopic (exact) mass is 310 g/mol. The lowest BCUT2D eigenvalue weighted by atomic mass is 10.1. The van der Waals surface area contributed by atoms with Crippen LogP contribution in [0.5, 0.6) is 0 Å². The number of aryl methyl sites for hydroxylation is 1. The van der Waals surface area contributed by atoms with Crippen molar-refractivity contribution in [2.24, 2.45) is 0 Å². The van der Waals surface area contributed by atoms with E-state index in [1.54, 1.807) is 11.7 Å². The molecule has 0 aliphatic carbocycles. The third-order valence-electron chi connectivity index (χ3n) is 3.70. The van der Waals surface area contributed by atoms with Gasteiger partial charge in [0.25, 0.3) is 5.91 Å². The van der Waals surface area contributed by atoms with E-state index >= 15 is 0 Å². The molecule has 1 amide bonds. The van der Waals surface area contributed by atoms with Crippen LogP contribution in [-0.4, -0.2) is 26.5 Å². The van der Waals surface area contributed by atoms with E-state index in [4.69, 9.17) is 5.21 Å². The topological polar surface area (TPSA) is 78.7 Å². The van der Waals surface area contributed by atoms with E-state index < -0.39 is 11.9 Å². The Morgan fingerprint density at radius 2 is 2.09 bits per heavy atom. The molecule has 0 spiro atoms. The minimum absolute atomic E-state index is 0.451. The van der Waals surface area contributed by atoms with Gasteiger partial charge in [-0.15, -0.1) is 0 Å². The van der Waals surface area contributed by atoms with Crippen LogP contribution in [0.15, 0.2) is 54.9 Å². The van der Waals surface area contributed by atoms with Crippen LogP contribution >= 0.6 is 0 Å². The van der Waals surface area contributed by atoms with Crippen LogP contribution < -0.4 is 10.8 Å². The van der Waals surface area contributed by atoms with E-state index in [0.29, 0.717) is 12.2 Å². The van der Waals surface area contributed by atoms with Crippen LogP contribution in [0, 0.1) is 6.92 Å². The summed E-state index contributed by atoms with van der Waals surface area (Å²) in [5.41, 5.74) is 4.64. The summed E-state index contributed by atoms with van der Waals surface area (Å²) >= 11 is 0. The molecule has 0 saturated heterocycles. The largest absolute Gasteiger partial charge is 0.358 e. The number of anilines is 1. The zero-order chi connectivity index (χ0) is 16.2. The smallest absolute Gasteiger partial charge is 0.266 e. The second-order valence-corrected chi connectivity index (χ2v) is 5.44. The summed E-state index contributed by atoms with van der Waals surface area (Å²) in [5, 5.41) is 12.1. The number of hydrogen-bond acceptors (Lipinski definition) is 4. The van der Waals surface area contributed by atoms with E-state index in [-0.39, 0.29) is 0 Å². The Labute approximate surface area is 133 Å². The summed E-state index contributed by atoms with van der Waals surface area (Å²) in [4.78, 5) is 16.3. The average molecular weight is 310 g/mol. The van der Waals surface area contributed by atoms with Gasteiger partial charge in [0, 0.05) is 12.6 Å². The first kappa shape index (κ1) is 15.1. The highest BCUT2D eigenvalue weighted by Crippen LogP contribution is 2.15. The molecule has 6 nitrogen and oxygen atoms in total. The fourth-order valence-corrected chi connectivity index (χ4v) is 2.50. The van der Waals surface area contributed by atoms with Crippen LogP contribution in [0.3, 0.4) is 0 Å². The summed E-state index contributed by atoms with van der Waals surface area (Å²) < 4.78 is 1.87. The van der Waals surface area contributed by atoms with Gasteiger partial charge in [-0.3, -0.25) is 14.4 Å². The van der Waals surface area contributed by atoms with Crippen molar-refractivity contribution in [3.05, 3.63) is 66.0 Å². The normalized spacial score (nSPS) is 12.1. The molecule has 118 valence electrons. The Balaban J connectivity index is 1.86. The number of amides is 1. The lowest BCUT2D eigenvalue weighted by molar-refractivity contribution is -0.129. The van der Waals surface area contributed by atoms with Gasteiger partial charge in [-0.2, -0.15) is 0 Å². The van der Waals surface area contributed by atoms with Crippen molar-refractivity contribution < 1.29 is 10.0 Å². The number of nitrogens with zero attached hydrogens (tertiary/aromatic N) is 2. The van der Waals surface area contributed by atoms with Gasteiger partial charge in [0.05, 0.1) is 6.20 Å². The van der Waals surface area contributed by atoms with Gasteiger partial charge in [0.15, 0.2) is 0 Å². The number of hydrogen-bond donors (Lipinski definition) is 3. The van der Waals surface area contributed by atoms with E-state index in [2.05, 4.69) is 10.3 Å². The van der Waals surface area contributed by atoms with Crippen molar-refractivity contribution in [3.8, 4) is 0 Å². The molecule has 2 heterocycles. The van der Waals surface area contributed by atoms with Crippen molar-refractivity contribution in [2.75, 3.05) is 5.32 Å². The molecule has 0 radical (unpaired) electrons. The van der Waals surface area contributed by atoms with Gasteiger partial charge in [-0.25, -0.2) is 10.5 Å². The van der Waals surface area contributed by atoms with Crippen LogP contribution in [-0.2, 0) is 11.2 Å². The minimum Gasteiger partial charge on any atom is -0.358 e. The van der Waals surface area contributed by atoms with Crippen LogP contribution in [0.2, 0.25) is 0 Å². The van der Waals surface area contributed by atoms with Crippen molar-refractivity contribution in [1.82, 2.24) is 14.9 Å². The SMILES string of the molecule is Cc1ccn2c(NC(Cc3ccccc3)C(=O)NO)cnc2c1. The maximum absolute atomic E-state index is 12.0. The number of aromatic nitrogens is 2. The average Bonchev–Trinajstić information content (AvgIpc) is 2.96. The Morgan fingerprint density at radius 3 is 2.83 bits per heavy atom. The Bertz CT molecular complexity index is 814. The summed E-state index contributed by atoms with van der Waals surface area (Å²) in [6, 6.07) is 13.0. The molecule has 6 heteroatoms. The molecule has 0 bridgehead atoms. The zero-order valence-electron chi connectivity index (χ0n) is 12.7. The lowest BCUT2D eigenvalue weighted by Gasteiger charge is -2.17. The Morgan fingerprint density at radius 1 is 1.30 bits per heavy atom. The van der Waals surface area contributed by atoms with Crippen LogP contribution in [0.4, 0.5) is 5.82 Å². The predicted octanol–water partition coefficient (Wildman–Crippen LogP) is 2.17. The van der Waals surface area contributed by atoms with Gasteiger partial charge in [0.1, 0.15) is 17.5 Å². The summed E-state index contributed by atoms with van der Waals surface area (Å²) in [5.74, 6) is 0.209. The number of fused-ring (bicyclic) bond motifs is 1. The van der Waals surface area contributed by atoms with Crippen molar-refractivity contribution in [2.45, 2.75) is 19.4 Å². The molecule has 1 unspecified atom stereocenters. The molecule has 3 aromatic rings. The maximum Gasteiger partial charge on any atom is 0.266 e. The molecular formula is C17H18N4O2. The number of carbonyl (C=O) groups is 1. The fraction of sp³-hybridized carbons (Fsp3) is 0.176. The van der Waals surface area contributed by atoms with Gasteiger partial charge in [-0.05, 0) is 30.2 Å². The highest BCUT2D eigenvalue weighted by molar-refractivity contribution is 5.83. The van der Waals surface area contributed by atoms with Crippen LogP contribution in [0.1, 0.15) is 11.1 Å². The second kappa shape index (κ2) is 6.50. The van der Waals surface area contributed by atoms with Crippen LogP contribution in [0.25, 0.3) is 5.65 Å². The summed E-state index contributed by atoms with van der Waals surface area (Å²) in [6.07, 6.45) is 4.03. The van der Waals surface area contributed by atoms with Crippen molar-refractivity contribution in [1.29, 1.82) is 0 Å². The highest BCUT2D eigenvalue weighted by Gasteiger charge is 2.19. The third kappa shape index (κ3) is 3.32. The minimum atomic E-state index is -0.608. The third-order valence-corrected chi connectivity index (χ3v) is 3.70. The van der Waals surface area contributed by atoms with Crippen molar-refractivity contribution in [3.63, 3.8) is 0 Å². The number of nitrogens with one attached hydrogen (secondary N) is 2. The van der Waals surface area contributed by atoms with E-state index in [1.165, 1.54) is 0 Å². The van der Waals surface area contributed by atoms with Gasteiger partial charge < -0.3 is 5.32 Å². The lowest BCUT2D eigenvalue weighted by Crippen LogP contribution is -2.39. The first-order chi connectivity index (χ1) is 11.2. The molecule has 3 N–H and O–H groups in total. The predicted molar refractivity (Wildman–Crippen MR) is 87.4 cm³/mol. The number of rotatable bonds is 5. The molecule has 1 atom stereocenters. The molecular weight excluding hydrogens is 292 g/mol. The van der Waals surface area contributed by atoms with Crippen molar-refractivity contribution >= 4 is 17.4 Å². The number of benzene rings is 1. The highest BCUT2D eigenvalue weighted by atomic mass is 16.5. The molecule has 3 rings (SSSR count). The number of carbonyl (C=O) groups excluding carboxylic acids is 1. The molecule has 0 saturated carbocycles. The fourth-order valence-electron chi connectivity index (χ4n) is 2.50. The van der Waals surface area contributed by atoms with Gasteiger partial charge >= 0.3 is 0 Å². The first-order valence-corrected chi connectivity index (χ1v) is 7.35. The van der Waals surface area contributed by atoms with Gasteiger partial charge in [0.2, 0.25) is 0 Å². The van der Waals surface area contributed by atoms with E-state index in [9.17, 15) is 4.79 Å². The molecule has 2 aromatic heterocycles. The number of pyridine rings is 1. The summed E-state index contributed by atoms with van der Waals surface area (Å²) in [7, 11) is 0. The first-order valence-electron chi connectivity index (χ1n) is 7.35. The molecule has 23 heavy (non-hydrogen) atoms. The second-order valence-electron chi connectivity index (χ2n) is 5.44. The quantitative estimate of drug-likeness (QED) is 0.498. The molecule has 0 aliphatic heterocycles. The standard InChI is InChI=1S/C17H18N4O2/c1-12-7-8-21-15(9-12)18-11-16(21)19-14(17(22)20-23)10-13-5-3-2-4-6-13/h2-9,11,14,19,23H,10H2,1H3,(H,20,22). The van der Waals surface area contributed by atoms with E-state index in [0.717, 1.165) is 16.8 Å².